The first kappa shape index (κ1) is 17.7. The Balaban J connectivity index is 1.76. The number of aliphatic hydroxyl groups is 1. The van der Waals surface area contributed by atoms with Gasteiger partial charge in [0.15, 0.2) is 0 Å². The fourth-order valence-electron chi connectivity index (χ4n) is 2.91. The maximum atomic E-state index is 12.9. The van der Waals surface area contributed by atoms with Gasteiger partial charge in [-0.2, -0.15) is 0 Å². The number of hydrogen-bond acceptors (Lipinski definition) is 3. The number of carbonyl (C=O) groups excluding carboxylic acids is 2. The molecular formula is C20H19FN2O3. The first-order valence-corrected chi connectivity index (χ1v) is 8.26. The van der Waals surface area contributed by atoms with E-state index in [0.29, 0.717) is 18.5 Å². The molecule has 1 aliphatic heterocycles. The number of aryl methyl sites for hydroxylation is 1. The Bertz CT molecular complexity index is 862. The lowest BCUT2D eigenvalue weighted by molar-refractivity contribution is -0.121. The Hall–Kier alpha value is -3.15. The van der Waals surface area contributed by atoms with Crippen molar-refractivity contribution >= 4 is 17.5 Å². The van der Waals surface area contributed by atoms with Crippen LogP contribution in [-0.4, -0.2) is 22.5 Å². The highest BCUT2D eigenvalue weighted by Gasteiger charge is 2.44. The maximum Gasteiger partial charge on any atom is 0.264 e. The molecule has 0 spiro atoms. The summed E-state index contributed by atoms with van der Waals surface area (Å²) in [5.74, 6) is -2.07. The van der Waals surface area contributed by atoms with Crippen LogP contribution in [0.2, 0.25) is 0 Å². The number of halogens is 1. The summed E-state index contributed by atoms with van der Waals surface area (Å²) < 4.78 is 12.9. The van der Waals surface area contributed by atoms with Gasteiger partial charge in [-0.25, -0.2) is 4.39 Å². The van der Waals surface area contributed by atoms with E-state index in [1.54, 1.807) is 6.92 Å². The second kappa shape index (κ2) is 7.00. The predicted octanol–water partition coefficient (Wildman–Crippen LogP) is 3.10. The van der Waals surface area contributed by atoms with E-state index in [1.165, 1.54) is 24.3 Å². The van der Waals surface area contributed by atoms with E-state index in [9.17, 15) is 19.1 Å². The van der Waals surface area contributed by atoms with Gasteiger partial charge in [-0.05, 0) is 49.6 Å². The van der Waals surface area contributed by atoms with E-state index in [-0.39, 0.29) is 11.3 Å². The molecule has 134 valence electrons. The summed E-state index contributed by atoms with van der Waals surface area (Å²) >= 11 is 0. The van der Waals surface area contributed by atoms with Crippen LogP contribution in [0.4, 0.5) is 10.1 Å². The molecule has 2 aromatic rings. The lowest BCUT2D eigenvalue weighted by atomic mass is 9.92. The van der Waals surface area contributed by atoms with E-state index >= 15 is 0 Å². The average molecular weight is 354 g/mol. The third kappa shape index (κ3) is 3.59. The molecule has 1 unspecified atom stereocenters. The van der Waals surface area contributed by atoms with Crippen molar-refractivity contribution in [2.24, 2.45) is 0 Å². The molecule has 1 atom stereocenters. The lowest BCUT2D eigenvalue weighted by Crippen LogP contribution is -2.42. The molecule has 0 aromatic heterocycles. The SMILES string of the molecule is CC1(CCc2ccccc2)NC(=O)C(C(=O)Nc2ccc(F)cc2)=C1O. The Labute approximate surface area is 150 Å². The molecule has 0 saturated heterocycles. The molecule has 0 saturated carbocycles. The third-order valence-electron chi connectivity index (χ3n) is 4.46. The molecule has 3 N–H and O–H groups in total. The molecule has 0 fully saturated rings. The van der Waals surface area contributed by atoms with Crippen molar-refractivity contribution in [3.05, 3.63) is 77.3 Å². The van der Waals surface area contributed by atoms with Gasteiger partial charge >= 0.3 is 0 Å². The van der Waals surface area contributed by atoms with E-state index in [4.69, 9.17) is 0 Å². The minimum atomic E-state index is -1.01. The fourth-order valence-corrected chi connectivity index (χ4v) is 2.91. The maximum absolute atomic E-state index is 12.9. The van der Waals surface area contributed by atoms with Gasteiger partial charge in [0, 0.05) is 5.69 Å². The van der Waals surface area contributed by atoms with Crippen molar-refractivity contribution in [1.29, 1.82) is 0 Å². The smallest absolute Gasteiger partial charge is 0.264 e. The molecule has 0 aliphatic carbocycles. The van der Waals surface area contributed by atoms with Crippen molar-refractivity contribution < 1.29 is 19.1 Å². The Kier molecular flexibility index (Phi) is 4.75. The van der Waals surface area contributed by atoms with Gasteiger partial charge in [0.05, 0.1) is 5.54 Å². The van der Waals surface area contributed by atoms with Crippen LogP contribution in [0.1, 0.15) is 18.9 Å². The first-order chi connectivity index (χ1) is 12.4. The van der Waals surface area contributed by atoms with Gasteiger partial charge in [0.1, 0.15) is 17.1 Å². The molecule has 2 amide bonds. The molecular weight excluding hydrogens is 335 g/mol. The fraction of sp³-hybridized carbons (Fsp3) is 0.200. The van der Waals surface area contributed by atoms with Crippen LogP contribution in [0.25, 0.3) is 0 Å². The topological polar surface area (TPSA) is 78.4 Å². The van der Waals surface area contributed by atoms with Crippen molar-refractivity contribution in [3.8, 4) is 0 Å². The Morgan fingerprint density at radius 1 is 1.15 bits per heavy atom. The van der Waals surface area contributed by atoms with E-state index in [0.717, 1.165) is 5.56 Å². The van der Waals surface area contributed by atoms with Gasteiger partial charge in [-0.15, -0.1) is 0 Å². The largest absolute Gasteiger partial charge is 0.509 e. The summed E-state index contributed by atoms with van der Waals surface area (Å²) in [5, 5.41) is 15.7. The second-order valence-corrected chi connectivity index (χ2v) is 6.46. The molecule has 5 nitrogen and oxygen atoms in total. The molecule has 1 heterocycles. The van der Waals surface area contributed by atoms with Gasteiger partial charge in [0.25, 0.3) is 11.8 Å². The Morgan fingerprint density at radius 3 is 2.46 bits per heavy atom. The van der Waals surface area contributed by atoms with Crippen LogP contribution in [0.15, 0.2) is 65.9 Å². The van der Waals surface area contributed by atoms with Crippen LogP contribution in [0.3, 0.4) is 0 Å². The van der Waals surface area contributed by atoms with Gasteiger partial charge in [0.2, 0.25) is 0 Å². The molecule has 1 aliphatic rings. The molecule has 0 bridgehead atoms. The minimum Gasteiger partial charge on any atom is -0.509 e. The second-order valence-electron chi connectivity index (χ2n) is 6.46. The van der Waals surface area contributed by atoms with E-state index in [2.05, 4.69) is 10.6 Å². The summed E-state index contributed by atoms with van der Waals surface area (Å²) in [6.45, 7) is 1.68. The minimum absolute atomic E-state index is 0.280. The van der Waals surface area contributed by atoms with Crippen LogP contribution < -0.4 is 10.6 Å². The standard InChI is InChI=1S/C20H19FN2O3/c1-20(12-11-13-5-3-2-4-6-13)17(24)16(19(26)23-20)18(25)22-15-9-7-14(21)8-10-15/h2-10,24H,11-12H2,1H3,(H,22,25)(H,23,26). The third-order valence-corrected chi connectivity index (χ3v) is 4.46. The van der Waals surface area contributed by atoms with Crippen molar-refractivity contribution in [2.45, 2.75) is 25.3 Å². The summed E-state index contributed by atoms with van der Waals surface area (Å²) in [6.07, 6.45) is 1.08. The zero-order chi connectivity index (χ0) is 18.7. The number of hydrogen-bond donors (Lipinski definition) is 3. The predicted molar refractivity (Wildman–Crippen MR) is 96.0 cm³/mol. The summed E-state index contributed by atoms with van der Waals surface area (Å²) in [4.78, 5) is 24.6. The Morgan fingerprint density at radius 2 is 1.81 bits per heavy atom. The van der Waals surface area contributed by atoms with Gasteiger partial charge in [-0.3, -0.25) is 9.59 Å². The van der Waals surface area contributed by atoms with Gasteiger partial charge < -0.3 is 15.7 Å². The monoisotopic (exact) mass is 354 g/mol. The number of amides is 2. The highest BCUT2D eigenvalue weighted by Crippen LogP contribution is 2.30. The number of nitrogens with one attached hydrogen (secondary N) is 2. The van der Waals surface area contributed by atoms with Crippen molar-refractivity contribution in [3.63, 3.8) is 0 Å². The molecule has 6 heteroatoms. The van der Waals surface area contributed by atoms with E-state index < -0.39 is 23.2 Å². The zero-order valence-electron chi connectivity index (χ0n) is 14.3. The molecule has 2 aromatic carbocycles. The lowest BCUT2D eigenvalue weighted by Gasteiger charge is -2.24. The highest BCUT2D eigenvalue weighted by molar-refractivity contribution is 6.24. The van der Waals surface area contributed by atoms with E-state index in [1.807, 2.05) is 30.3 Å². The van der Waals surface area contributed by atoms with Gasteiger partial charge in [-0.1, -0.05) is 30.3 Å². The summed E-state index contributed by atoms with van der Waals surface area (Å²) in [5.41, 5.74) is 0.0785. The number of aliphatic hydroxyl groups excluding tert-OH is 1. The normalized spacial score (nSPS) is 19.4. The average Bonchev–Trinajstić information content (AvgIpc) is 2.85. The summed E-state index contributed by atoms with van der Waals surface area (Å²) in [6, 6.07) is 14.8. The quantitative estimate of drug-likeness (QED) is 0.722. The molecule has 0 radical (unpaired) electrons. The van der Waals surface area contributed by atoms with Crippen LogP contribution in [0.5, 0.6) is 0 Å². The number of benzene rings is 2. The number of carbonyl (C=O) groups is 2. The zero-order valence-corrected chi connectivity index (χ0v) is 14.3. The molecule has 3 rings (SSSR count). The van der Waals surface area contributed by atoms with Crippen LogP contribution >= 0.6 is 0 Å². The highest BCUT2D eigenvalue weighted by atomic mass is 19.1. The number of anilines is 1. The van der Waals surface area contributed by atoms with Crippen LogP contribution in [-0.2, 0) is 16.0 Å². The summed E-state index contributed by atoms with van der Waals surface area (Å²) in [7, 11) is 0. The van der Waals surface area contributed by atoms with Crippen LogP contribution in [0, 0.1) is 5.82 Å². The molecule has 26 heavy (non-hydrogen) atoms. The van der Waals surface area contributed by atoms with Crippen molar-refractivity contribution in [2.75, 3.05) is 5.32 Å². The number of rotatable bonds is 5. The van der Waals surface area contributed by atoms with Crippen molar-refractivity contribution in [1.82, 2.24) is 5.32 Å². The first-order valence-electron chi connectivity index (χ1n) is 8.26.